The van der Waals surface area contributed by atoms with Crippen LogP contribution >= 0.6 is 11.6 Å². The molecule has 0 aliphatic heterocycles. The van der Waals surface area contributed by atoms with Gasteiger partial charge in [-0.1, -0.05) is 0 Å². The standard InChI is InChI=1S/C9H5ClFNO2/c1-14-8-3-7(11)5(4-12)2-6(8)9(10)13/h2-3H,1H3. The highest BCUT2D eigenvalue weighted by molar-refractivity contribution is 6.68. The minimum absolute atomic E-state index is 0.0153. The predicted molar refractivity (Wildman–Crippen MR) is 47.9 cm³/mol. The molecule has 0 aromatic heterocycles. The molecule has 5 heteroatoms. The first-order valence-electron chi connectivity index (χ1n) is 3.57. The first-order chi connectivity index (χ1) is 6.60. The Kier molecular flexibility index (Phi) is 3.05. The minimum Gasteiger partial charge on any atom is -0.496 e. The molecule has 0 aliphatic carbocycles. The van der Waals surface area contributed by atoms with Gasteiger partial charge < -0.3 is 4.74 Å². The molecule has 14 heavy (non-hydrogen) atoms. The average molecular weight is 214 g/mol. The van der Waals surface area contributed by atoms with E-state index in [0.29, 0.717) is 0 Å². The Morgan fingerprint density at radius 2 is 2.29 bits per heavy atom. The molecule has 0 amide bonds. The minimum atomic E-state index is -0.793. The van der Waals surface area contributed by atoms with E-state index in [9.17, 15) is 9.18 Å². The molecule has 0 N–H and O–H groups in total. The Hall–Kier alpha value is -1.60. The molecule has 72 valence electrons. The van der Waals surface area contributed by atoms with Crippen LogP contribution in [0.3, 0.4) is 0 Å². The highest BCUT2D eigenvalue weighted by Crippen LogP contribution is 2.23. The summed E-state index contributed by atoms with van der Waals surface area (Å²) in [6.45, 7) is 0. The molecule has 0 atom stereocenters. The number of benzene rings is 1. The van der Waals surface area contributed by atoms with Gasteiger partial charge >= 0.3 is 0 Å². The lowest BCUT2D eigenvalue weighted by Gasteiger charge is -2.05. The molecule has 0 aliphatic rings. The third kappa shape index (κ3) is 1.83. The van der Waals surface area contributed by atoms with Crippen molar-refractivity contribution < 1.29 is 13.9 Å². The van der Waals surface area contributed by atoms with Gasteiger partial charge in [-0.05, 0) is 17.7 Å². The molecule has 1 aromatic rings. The van der Waals surface area contributed by atoms with Crippen LogP contribution < -0.4 is 4.74 Å². The Morgan fingerprint density at radius 1 is 1.64 bits per heavy atom. The van der Waals surface area contributed by atoms with Crippen molar-refractivity contribution in [2.24, 2.45) is 0 Å². The van der Waals surface area contributed by atoms with Gasteiger partial charge in [-0.3, -0.25) is 4.79 Å². The molecule has 0 spiro atoms. The quantitative estimate of drug-likeness (QED) is 0.707. The van der Waals surface area contributed by atoms with Gasteiger partial charge in [0.25, 0.3) is 5.24 Å². The van der Waals surface area contributed by atoms with Gasteiger partial charge in [0.05, 0.1) is 18.2 Å². The summed E-state index contributed by atoms with van der Waals surface area (Å²) < 4.78 is 17.8. The van der Waals surface area contributed by atoms with E-state index in [0.717, 1.165) is 12.1 Å². The maximum atomic E-state index is 13.0. The van der Waals surface area contributed by atoms with E-state index >= 15 is 0 Å². The van der Waals surface area contributed by atoms with Crippen LogP contribution in [0.2, 0.25) is 0 Å². The first-order valence-corrected chi connectivity index (χ1v) is 3.95. The van der Waals surface area contributed by atoms with E-state index < -0.39 is 11.1 Å². The van der Waals surface area contributed by atoms with Gasteiger partial charge in [-0.25, -0.2) is 4.39 Å². The van der Waals surface area contributed by atoms with E-state index in [2.05, 4.69) is 0 Å². The fourth-order valence-corrected chi connectivity index (χ4v) is 1.11. The second-order valence-electron chi connectivity index (χ2n) is 2.42. The molecule has 1 aromatic carbocycles. The monoisotopic (exact) mass is 213 g/mol. The Labute approximate surface area is 84.7 Å². The molecule has 3 nitrogen and oxygen atoms in total. The molecule has 0 saturated heterocycles. The highest BCUT2D eigenvalue weighted by atomic mass is 35.5. The van der Waals surface area contributed by atoms with Crippen LogP contribution in [0.1, 0.15) is 15.9 Å². The maximum absolute atomic E-state index is 13.0. The van der Waals surface area contributed by atoms with Crippen LogP contribution in [0.4, 0.5) is 4.39 Å². The SMILES string of the molecule is COc1cc(F)c(C#N)cc1C(=O)Cl. The summed E-state index contributed by atoms with van der Waals surface area (Å²) in [6, 6.07) is 3.61. The van der Waals surface area contributed by atoms with Crippen LogP contribution in [0.15, 0.2) is 12.1 Å². The van der Waals surface area contributed by atoms with E-state index in [4.69, 9.17) is 21.6 Å². The summed E-state index contributed by atoms with van der Waals surface area (Å²) in [6.07, 6.45) is 0. The summed E-state index contributed by atoms with van der Waals surface area (Å²) in [5.41, 5.74) is -0.262. The van der Waals surface area contributed by atoms with Gasteiger partial charge in [0.15, 0.2) is 0 Å². The topological polar surface area (TPSA) is 50.1 Å². The number of carbonyl (C=O) groups is 1. The van der Waals surface area contributed by atoms with Crippen molar-refractivity contribution in [2.75, 3.05) is 7.11 Å². The largest absolute Gasteiger partial charge is 0.496 e. The zero-order chi connectivity index (χ0) is 10.7. The normalized spacial score (nSPS) is 9.29. The summed E-state index contributed by atoms with van der Waals surface area (Å²) >= 11 is 5.22. The zero-order valence-corrected chi connectivity index (χ0v) is 7.93. The molecule has 0 saturated carbocycles. The van der Waals surface area contributed by atoms with E-state index in [1.54, 1.807) is 6.07 Å². The lowest BCUT2D eigenvalue weighted by atomic mass is 10.1. The van der Waals surface area contributed by atoms with Crippen LogP contribution in [0.25, 0.3) is 0 Å². The van der Waals surface area contributed by atoms with Gasteiger partial charge in [0.2, 0.25) is 0 Å². The van der Waals surface area contributed by atoms with Crippen LogP contribution in [-0.2, 0) is 0 Å². The molecule has 0 fully saturated rings. The van der Waals surface area contributed by atoms with Crippen LogP contribution in [0.5, 0.6) is 5.75 Å². The van der Waals surface area contributed by atoms with E-state index in [-0.39, 0.29) is 16.9 Å². The molecule has 0 bridgehead atoms. The number of carbonyl (C=O) groups excluding carboxylic acids is 1. The summed E-state index contributed by atoms with van der Waals surface area (Å²) in [4.78, 5) is 10.9. The first kappa shape index (κ1) is 10.5. The second-order valence-corrected chi connectivity index (χ2v) is 2.76. The van der Waals surface area contributed by atoms with Gasteiger partial charge in [-0.2, -0.15) is 5.26 Å². The van der Waals surface area contributed by atoms with Crippen molar-refractivity contribution in [1.29, 1.82) is 5.26 Å². The lowest BCUT2D eigenvalue weighted by molar-refractivity contribution is 0.107. The molecular formula is C9H5ClFNO2. The zero-order valence-electron chi connectivity index (χ0n) is 7.17. The Morgan fingerprint density at radius 3 is 2.71 bits per heavy atom. The van der Waals surface area contributed by atoms with Crippen molar-refractivity contribution in [1.82, 2.24) is 0 Å². The van der Waals surface area contributed by atoms with Gasteiger partial charge in [0.1, 0.15) is 17.6 Å². The van der Waals surface area contributed by atoms with Crippen molar-refractivity contribution >= 4 is 16.8 Å². The lowest BCUT2D eigenvalue weighted by Crippen LogP contribution is -1.98. The number of nitrogens with zero attached hydrogens (tertiary/aromatic N) is 1. The van der Waals surface area contributed by atoms with Gasteiger partial charge in [-0.15, -0.1) is 0 Å². The molecular weight excluding hydrogens is 209 g/mol. The van der Waals surface area contributed by atoms with E-state index in [1.165, 1.54) is 7.11 Å². The fraction of sp³-hybridized carbons (Fsp3) is 0.111. The van der Waals surface area contributed by atoms with Crippen LogP contribution in [0, 0.1) is 17.1 Å². The summed E-state index contributed by atoms with van der Waals surface area (Å²) in [5, 5.41) is 7.71. The smallest absolute Gasteiger partial charge is 0.256 e. The second kappa shape index (κ2) is 4.07. The fourth-order valence-electron chi connectivity index (χ4n) is 0.963. The molecule has 0 radical (unpaired) electrons. The van der Waals surface area contributed by atoms with Crippen LogP contribution in [-0.4, -0.2) is 12.4 Å². The van der Waals surface area contributed by atoms with Crippen molar-refractivity contribution in [2.45, 2.75) is 0 Å². The number of halogens is 2. The summed E-state index contributed by atoms with van der Waals surface area (Å²) in [5.74, 6) is -0.729. The summed E-state index contributed by atoms with van der Waals surface area (Å²) in [7, 11) is 1.28. The number of rotatable bonds is 2. The van der Waals surface area contributed by atoms with Crippen molar-refractivity contribution in [3.63, 3.8) is 0 Å². The average Bonchev–Trinajstić information content (AvgIpc) is 2.16. The molecule has 0 unspecified atom stereocenters. The molecule has 1 rings (SSSR count). The number of methoxy groups -OCH3 is 1. The number of hydrogen-bond acceptors (Lipinski definition) is 3. The van der Waals surface area contributed by atoms with Crippen molar-refractivity contribution in [3.8, 4) is 11.8 Å². The van der Waals surface area contributed by atoms with E-state index in [1.807, 2.05) is 0 Å². The maximum Gasteiger partial charge on any atom is 0.256 e. The number of nitriles is 1. The number of ether oxygens (including phenoxy) is 1. The van der Waals surface area contributed by atoms with Gasteiger partial charge in [0, 0.05) is 6.07 Å². The van der Waals surface area contributed by atoms with Crippen molar-refractivity contribution in [3.05, 3.63) is 29.1 Å². The molecule has 0 heterocycles. The third-order valence-corrected chi connectivity index (χ3v) is 1.82. The highest BCUT2D eigenvalue weighted by Gasteiger charge is 2.14. The predicted octanol–water partition coefficient (Wildman–Crippen LogP) is 2.08. The Bertz CT molecular complexity index is 426. The Balaban J connectivity index is 3.42. The number of hydrogen-bond donors (Lipinski definition) is 0. The third-order valence-electron chi connectivity index (χ3n) is 1.62.